The standard InChI is InChI=1S/C61H41NO2/c1-4-17-40(18-5-1)43-23-16-24-44(37-43)62(45-31-33-47(41-19-6-2-7-20-41)51(38-45)42-21-8-3-9-22-42)46-32-35-56-58(39-46)64-60-57(63-56)36-34-55-59(60)50-27-12-15-30-54(50)61(55)52-28-13-10-25-48(52)49-26-11-14-29-53(49)61/h1-30,32-39,45H,31H2. The molecule has 0 aromatic heterocycles. The summed E-state index contributed by atoms with van der Waals surface area (Å²) in [5.74, 6) is 2.86. The van der Waals surface area contributed by atoms with Gasteiger partial charge in [-0.1, -0.05) is 194 Å². The normalized spacial score (nSPS) is 15.5. The molecule has 0 amide bonds. The van der Waals surface area contributed by atoms with Crippen LogP contribution in [0, 0.1) is 0 Å². The number of benzene rings is 9. The van der Waals surface area contributed by atoms with Gasteiger partial charge in [-0.3, -0.25) is 0 Å². The van der Waals surface area contributed by atoms with Crippen LogP contribution in [0.2, 0.25) is 0 Å². The highest BCUT2D eigenvalue weighted by molar-refractivity contribution is 6.06. The second-order valence-electron chi connectivity index (χ2n) is 17.1. The molecule has 0 fully saturated rings. The predicted octanol–water partition coefficient (Wildman–Crippen LogP) is 15.7. The first-order valence-electron chi connectivity index (χ1n) is 22.2. The van der Waals surface area contributed by atoms with E-state index in [1.165, 1.54) is 66.8 Å². The molecular weight excluding hydrogens is 779 g/mol. The molecule has 0 saturated carbocycles. The second kappa shape index (κ2) is 14.5. The van der Waals surface area contributed by atoms with Gasteiger partial charge >= 0.3 is 0 Å². The molecule has 64 heavy (non-hydrogen) atoms. The van der Waals surface area contributed by atoms with Gasteiger partial charge in [-0.25, -0.2) is 0 Å². The summed E-state index contributed by atoms with van der Waals surface area (Å²) in [6.45, 7) is 0. The van der Waals surface area contributed by atoms with Crippen LogP contribution in [-0.2, 0) is 5.41 Å². The van der Waals surface area contributed by atoms with Crippen LogP contribution < -0.4 is 14.4 Å². The lowest BCUT2D eigenvalue weighted by Crippen LogP contribution is -2.31. The molecule has 0 radical (unpaired) electrons. The fourth-order valence-corrected chi connectivity index (χ4v) is 11.0. The number of rotatable bonds is 6. The quantitative estimate of drug-likeness (QED) is 0.167. The predicted molar refractivity (Wildman–Crippen MR) is 261 cm³/mol. The molecule has 1 atom stereocenters. The summed E-state index contributed by atoms with van der Waals surface area (Å²) in [5, 5.41) is 0. The first kappa shape index (κ1) is 36.5. The maximum Gasteiger partial charge on any atom is 0.178 e. The Morgan fingerprint density at radius 3 is 1.62 bits per heavy atom. The molecule has 9 aromatic carbocycles. The van der Waals surface area contributed by atoms with Crippen molar-refractivity contribution in [1.82, 2.24) is 0 Å². The van der Waals surface area contributed by atoms with E-state index in [1.54, 1.807) is 0 Å². The van der Waals surface area contributed by atoms with E-state index >= 15 is 0 Å². The zero-order valence-electron chi connectivity index (χ0n) is 35.0. The van der Waals surface area contributed by atoms with Gasteiger partial charge in [0.15, 0.2) is 23.0 Å². The number of anilines is 2. The van der Waals surface area contributed by atoms with Crippen LogP contribution >= 0.6 is 0 Å². The summed E-state index contributed by atoms with van der Waals surface area (Å²) in [7, 11) is 0. The number of hydrogen-bond acceptors (Lipinski definition) is 3. The van der Waals surface area contributed by atoms with Crippen molar-refractivity contribution < 1.29 is 9.47 Å². The van der Waals surface area contributed by atoms with E-state index in [9.17, 15) is 0 Å². The van der Waals surface area contributed by atoms with Gasteiger partial charge in [-0.2, -0.15) is 0 Å². The monoisotopic (exact) mass is 819 g/mol. The second-order valence-corrected chi connectivity index (χ2v) is 17.1. The Labute approximate surface area is 373 Å². The molecule has 9 aromatic rings. The maximum atomic E-state index is 7.25. The molecular formula is C61H41NO2. The van der Waals surface area contributed by atoms with Crippen molar-refractivity contribution in [3.05, 3.63) is 264 Å². The Morgan fingerprint density at radius 1 is 0.391 bits per heavy atom. The summed E-state index contributed by atoms with van der Waals surface area (Å²) >= 11 is 0. The van der Waals surface area contributed by atoms with Crippen LogP contribution in [-0.4, -0.2) is 6.04 Å². The third kappa shape index (κ3) is 5.47. The average Bonchev–Trinajstić information content (AvgIpc) is 3.84. The van der Waals surface area contributed by atoms with Crippen LogP contribution in [0.5, 0.6) is 23.0 Å². The van der Waals surface area contributed by atoms with Gasteiger partial charge in [0.1, 0.15) is 0 Å². The fourth-order valence-electron chi connectivity index (χ4n) is 11.0. The Bertz CT molecular complexity index is 3320. The molecule has 1 heterocycles. The van der Waals surface area contributed by atoms with Crippen molar-refractivity contribution in [2.75, 3.05) is 4.90 Å². The molecule has 3 heteroatoms. The summed E-state index contributed by atoms with van der Waals surface area (Å²) in [5.41, 5.74) is 18.8. The number of ether oxygens (including phenoxy) is 2. The maximum absolute atomic E-state index is 7.25. The van der Waals surface area contributed by atoms with E-state index < -0.39 is 5.41 Å². The van der Waals surface area contributed by atoms with Crippen LogP contribution in [0.4, 0.5) is 11.4 Å². The molecule has 1 spiro atoms. The number of hydrogen-bond donors (Lipinski definition) is 0. The molecule has 302 valence electrons. The summed E-state index contributed by atoms with van der Waals surface area (Å²) in [6, 6.07) is 78.5. The summed E-state index contributed by atoms with van der Waals surface area (Å²) in [6.07, 6.45) is 5.68. The highest BCUT2D eigenvalue weighted by Gasteiger charge is 2.53. The molecule has 3 nitrogen and oxygen atoms in total. The zero-order valence-corrected chi connectivity index (χ0v) is 35.0. The largest absolute Gasteiger partial charge is 0.449 e. The first-order valence-corrected chi connectivity index (χ1v) is 22.2. The summed E-state index contributed by atoms with van der Waals surface area (Å²) < 4.78 is 14.1. The number of allylic oxidation sites excluding steroid dienone is 2. The van der Waals surface area contributed by atoms with Gasteiger partial charge in [-0.05, 0) is 109 Å². The minimum Gasteiger partial charge on any atom is -0.449 e. The van der Waals surface area contributed by atoms with Crippen LogP contribution in [0.15, 0.2) is 231 Å². The van der Waals surface area contributed by atoms with Crippen molar-refractivity contribution in [2.45, 2.75) is 17.9 Å². The van der Waals surface area contributed by atoms with E-state index in [0.29, 0.717) is 11.5 Å². The van der Waals surface area contributed by atoms with Crippen molar-refractivity contribution in [3.8, 4) is 56.4 Å². The van der Waals surface area contributed by atoms with Gasteiger partial charge in [0.25, 0.3) is 0 Å². The van der Waals surface area contributed by atoms with E-state index in [-0.39, 0.29) is 6.04 Å². The lowest BCUT2D eigenvalue weighted by Gasteiger charge is -2.36. The van der Waals surface area contributed by atoms with E-state index in [2.05, 4.69) is 235 Å². The van der Waals surface area contributed by atoms with Crippen molar-refractivity contribution >= 4 is 22.5 Å². The Balaban J connectivity index is 0.964. The van der Waals surface area contributed by atoms with Crippen LogP contribution in [0.25, 0.3) is 44.5 Å². The first-order chi connectivity index (χ1) is 31.7. The molecule has 1 aliphatic heterocycles. The molecule has 0 saturated heterocycles. The fraction of sp³-hybridized carbons (Fsp3) is 0.0492. The van der Waals surface area contributed by atoms with Crippen molar-refractivity contribution in [2.24, 2.45) is 0 Å². The smallest absolute Gasteiger partial charge is 0.178 e. The highest BCUT2D eigenvalue weighted by Crippen LogP contribution is 2.66. The third-order valence-electron chi connectivity index (χ3n) is 13.7. The summed E-state index contributed by atoms with van der Waals surface area (Å²) in [4.78, 5) is 2.47. The molecule has 13 rings (SSSR count). The minimum absolute atomic E-state index is 0.0120. The van der Waals surface area contributed by atoms with Gasteiger partial charge in [-0.15, -0.1) is 0 Å². The molecule has 3 aliphatic carbocycles. The molecule has 1 unspecified atom stereocenters. The third-order valence-corrected chi connectivity index (χ3v) is 13.7. The van der Waals surface area contributed by atoms with E-state index in [0.717, 1.165) is 40.4 Å². The van der Waals surface area contributed by atoms with Crippen LogP contribution in [0.3, 0.4) is 0 Å². The van der Waals surface area contributed by atoms with Gasteiger partial charge < -0.3 is 14.4 Å². The Hall–Kier alpha value is -8.14. The van der Waals surface area contributed by atoms with Gasteiger partial charge in [0.2, 0.25) is 0 Å². The number of fused-ring (bicyclic) bond motifs is 13. The highest BCUT2D eigenvalue weighted by atomic mass is 16.6. The van der Waals surface area contributed by atoms with Crippen molar-refractivity contribution in [1.29, 1.82) is 0 Å². The van der Waals surface area contributed by atoms with Gasteiger partial charge in [0.05, 0.1) is 11.5 Å². The topological polar surface area (TPSA) is 21.7 Å². The van der Waals surface area contributed by atoms with Gasteiger partial charge in [0, 0.05) is 23.0 Å². The Kier molecular flexibility index (Phi) is 8.26. The zero-order chi connectivity index (χ0) is 42.2. The molecule has 0 bridgehead atoms. The van der Waals surface area contributed by atoms with E-state index in [4.69, 9.17) is 9.47 Å². The molecule has 0 N–H and O–H groups in total. The lowest BCUT2D eigenvalue weighted by atomic mass is 9.70. The van der Waals surface area contributed by atoms with Crippen molar-refractivity contribution in [3.63, 3.8) is 0 Å². The SMILES string of the molecule is C1=C(c2ccccc2)C(c2ccccc2)=CC(N(c2cccc(-c3ccccc3)c2)c2ccc3c(c2)Oc2c(ccc4c2-c2ccccc2C42c4ccccc4-c4ccccc42)O3)C1. The minimum atomic E-state index is -0.476. The molecule has 4 aliphatic rings. The lowest BCUT2D eigenvalue weighted by molar-refractivity contribution is 0.360. The van der Waals surface area contributed by atoms with E-state index in [1.807, 2.05) is 0 Å². The Morgan fingerprint density at radius 2 is 0.938 bits per heavy atom. The van der Waals surface area contributed by atoms with Crippen LogP contribution in [0.1, 0.15) is 39.8 Å². The average molecular weight is 820 g/mol. The number of nitrogens with zero attached hydrogens (tertiary/aromatic N) is 1.